The summed E-state index contributed by atoms with van der Waals surface area (Å²) in [5.41, 5.74) is 0.692. The summed E-state index contributed by atoms with van der Waals surface area (Å²) in [7, 11) is 0. The van der Waals surface area contributed by atoms with Gasteiger partial charge in [0.15, 0.2) is 0 Å². The van der Waals surface area contributed by atoms with Crippen molar-refractivity contribution in [2.45, 2.75) is 18.9 Å². The number of imide groups is 1. The van der Waals surface area contributed by atoms with Gasteiger partial charge in [-0.15, -0.1) is 0 Å². The van der Waals surface area contributed by atoms with E-state index in [-0.39, 0.29) is 41.9 Å². The van der Waals surface area contributed by atoms with Crippen LogP contribution in [0.5, 0.6) is 0 Å². The van der Waals surface area contributed by atoms with Crippen LogP contribution in [0.2, 0.25) is 0 Å². The molecule has 1 aromatic rings. The van der Waals surface area contributed by atoms with Crippen LogP contribution >= 0.6 is 0 Å². The fourth-order valence-electron chi connectivity index (χ4n) is 4.43. The summed E-state index contributed by atoms with van der Waals surface area (Å²) in [6.45, 7) is 0. The molecule has 1 aliphatic heterocycles. The summed E-state index contributed by atoms with van der Waals surface area (Å²) < 4.78 is 0. The standard InChI is InChI=1S/C18H17NO4/c20-14(21)9-13(10-4-2-1-3-5-10)19-17(22)15-11-6-7-12(8-11)16(15)18(19)23/h1-7,11-13,15-16H,8-9H2,(H,20,21)/t11-,12-,13-,15-,16+/m0/s1. The zero-order valence-electron chi connectivity index (χ0n) is 12.5. The number of rotatable bonds is 4. The molecule has 1 N–H and O–H groups in total. The summed E-state index contributed by atoms with van der Waals surface area (Å²) in [5, 5.41) is 9.24. The van der Waals surface area contributed by atoms with Crippen molar-refractivity contribution in [1.29, 1.82) is 0 Å². The van der Waals surface area contributed by atoms with E-state index in [0.717, 1.165) is 6.42 Å². The topological polar surface area (TPSA) is 74.7 Å². The van der Waals surface area contributed by atoms with Crippen LogP contribution in [0.25, 0.3) is 0 Å². The molecule has 2 bridgehead atoms. The number of carboxylic acids is 1. The average molecular weight is 311 g/mol. The van der Waals surface area contributed by atoms with Crippen LogP contribution in [0.4, 0.5) is 0 Å². The number of fused-ring (bicyclic) bond motifs is 5. The smallest absolute Gasteiger partial charge is 0.305 e. The Hall–Kier alpha value is -2.43. The van der Waals surface area contributed by atoms with E-state index in [9.17, 15) is 19.5 Å². The normalized spacial score (nSPS) is 32.4. The molecular weight excluding hydrogens is 294 g/mol. The maximum absolute atomic E-state index is 12.9. The minimum Gasteiger partial charge on any atom is -0.481 e. The van der Waals surface area contributed by atoms with Gasteiger partial charge in [0.2, 0.25) is 11.8 Å². The van der Waals surface area contributed by atoms with Crippen molar-refractivity contribution in [2.75, 3.05) is 0 Å². The van der Waals surface area contributed by atoms with Crippen LogP contribution in [0, 0.1) is 23.7 Å². The first kappa shape index (κ1) is 14.2. The van der Waals surface area contributed by atoms with Gasteiger partial charge in [0.05, 0.1) is 24.3 Å². The summed E-state index contributed by atoms with van der Waals surface area (Å²) >= 11 is 0. The number of carbonyl (C=O) groups excluding carboxylic acids is 2. The zero-order chi connectivity index (χ0) is 16.1. The number of allylic oxidation sites excluding steroid dienone is 2. The molecule has 118 valence electrons. The molecule has 0 spiro atoms. The average Bonchev–Trinajstić information content (AvgIpc) is 3.20. The summed E-state index contributed by atoms with van der Waals surface area (Å²) in [5.74, 6) is -1.74. The van der Waals surface area contributed by atoms with Crippen molar-refractivity contribution in [2.24, 2.45) is 23.7 Å². The van der Waals surface area contributed by atoms with Gasteiger partial charge >= 0.3 is 5.97 Å². The summed E-state index contributed by atoms with van der Waals surface area (Å²) in [6, 6.07) is 8.24. The van der Waals surface area contributed by atoms with E-state index in [4.69, 9.17) is 0 Å². The molecule has 5 nitrogen and oxygen atoms in total. The molecular formula is C18H17NO4. The molecule has 0 unspecified atom stereocenters. The van der Waals surface area contributed by atoms with Gasteiger partial charge < -0.3 is 5.11 Å². The van der Waals surface area contributed by atoms with Crippen LogP contribution in [-0.4, -0.2) is 27.8 Å². The van der Waals surface area contributed by atoms with Gasteiger partial charge in [-0.25, -0.2) is 0 Å². The first-order valence-electron chi connectivity index (χ1n) is 7.90. The van der Waals surface area contributed by atoms with E-state index < -0.39 is 12.0 Å². The number of likely N-dealkylation sites (tertiary alicyclic amines) is 1. The van der Waals surface area contributed by atoms with Crippen LogP contribution in [0.15, 0.2) is 42.5 Å². The Morgan fingerprint density at radius 3 is 2.17 bits per heavy atom. The van der Waals surface area contributed by atoms with Gasteiger partial charge in [-0.3, -0.25) is 19.3 Å². The zero-order valence-corrected chi connectivity index (χ0v) is 12.5. The van der Waals surface area contributed by atoms with Gasteiger partial charge in [-0.05, 0) is 23.8 Å². The number of amides is 2. The lowest BCUT2D eigenvalue weighted by atomic mass is 9.85. The maximum atomic E-state index is 12.9. The molecule has 0 aromatic heterocycles. The molecule has 1 aromatic carbocycles. The summed E-state index contributed by atoms with van der Waals surface area (Å²) in [4.78, 5) is 38.2. The molecule has 5 heteroatoms. The Labute approximate surface area is 133 Å². The number of benzene rings is 1. The molecule has 23 heavy (non-hydrogen) atoms. The molecule has 1 saturated carbocycles. The Bertz CT molecular complexity index is 681. The molecule has 2 aliphatic carbocycles. The lowest BCUT2D eigenvalue weighted by molar-refractivity contribution is -0.146. The van der Waals surface area contributed by atoms with Crippen LogP contribution in [-0.2, 0) is 14.4 Å². The molecule has 3 aliphatic rings. The Kier molecular flexibility index (Phi) is 3.11. The van der Waals surface area contributed by atoms with Gasteiger partial charge in [0.25, 0.3) is 0 Å². The Balaban J connectivity index is 1.71. The number of hydrogen-bond donors (Lipinski definition) is 1. The van der Waals surface area contributed by atoms with Crippen molar-refractivity contribution < 1.29 is 19.5 Å². The minimum absolute atomic E-state index is 0.132. The Morgan fingerprint density at radius 1 is 1.09 bits per heavy atom. The highest BCUT2D eigenvalue weighted by molar-refractivity contribution is 6.07. The fraction of sp³-hybridized carbons (Fsp3) is 0.389. The molecule has 1 saturated heterocycles. The number of nitrogens with zero attached hydrogens (tertiary/aromatic N) is 1. The van der Waals surface area contributed by atoms with E-state index in [2.05, 4.69) is 0 Å². The number of aliphatic carboxylic acids is 1. The molecule has 2 fully saturated rings. The SMILES string of the molecule is O=C(O)C[C@@H](c1ccccc1)N1C(=O)[C@@H]2[C@H](C1=O)[C@H]1C=C[C@H]2C1. The third kappa shape index (κ3) is 2.03. The second-order valence-corrected chi connectivity index (χ2v) is 6.57. The predicted molar refractivity (Wildman–Crippen MR) is 81.0 cm³/mol. The van der Waals surface area contributed by atoms with Crippen molar-refractivity contribution >= 4 is 17.8 Å². The van der Waals surface area contributed by atoms with E-state index in [0.29, 0.717) is 5.56 Å². The second kappa shape index (κ2) is 5.05. The lowest BCUT2D eigenvalue weighted by Crippen LogP contribution is -2.37. The van der Waals surface area contributed by atoms with Crippen LogP contribution in [0.1, 0.15) is 24.4 Å². The van der Waals surface area contributed by atoms with E-state index in [1.165, 1.54) is 4.90 Å². The van der Waals surface area contributed by atoms with Gasteiger partial charge in [-0.1, -0.05) is 42.5 Å². The second-order valence-electron chi connectivity index (χ2n) is 6.57. The van der Waals surface area contributed by atoms with Crippen molar-refractivity contribution in [1.82, 2.24) is 4.90 Å². The van der Waals surface area contributed by atoms with Gasteiger partial charge in [0, 0.05) is 0 Å². The third-order valence-corrected chi connectivity index (χ3v) is 5.37. The third-order valence-electron chi connectivity index (χ3n) is 5.37. The van der Waals surface area contributed by atoms with E-state index in [1.807, 2.05) is 18.2 Å². The minimum atomic E-state index is -1.02. The van der Waals surface area contributed by atoms with Crippen LogP contribution < -0.4 is 0 Å². The molecule has 2 amide bonds. The Morgan fingerprint density at radius 2 is 1.65 bits per heavy atom. The van der Waals surface area contributed by atoms with E-state index >= 15 is 0 Å². The van der Waals surface area contributed by atoms with Crippen molar-refractivity contribution in [3.05, 3.63) is 48.0 Å². The van der Waals surface area contributed by atoms with Gasteiger partial charge in [0.1, 0.15) is 0 Å². The molecule has 1 heterocycles. The summed E-state index contributed by atoms with van der Waals surface area (Å²) in [6.07, 6.45) is 4.68. The fourth-order valence-corrected chi connectivity index (χ4v) is 4.43. The predicted octanol–water partition coefficient (Wildman–Crippen LogP) is 2.01. The number of carbonyl (C=O) groups is 3. The molecule has 4 rings (SSSR count). The quantitative estimate of drug-likeness (QED) is 0.682. The largest absolute Gasteiger partial charge is 0.481 e. The molecule has 0 radical (unpaired) electrons. The van der Waals surface area contributed by atoms with E-state index in [1.54, 1.807) is 24.3 Å². The highest BCUT2D eigenvalue weighted by Crippen LogP contribution is 2.54. The number of hydrogen-bond acceptors (Lipinski definition) is 3. The maximum Gasteiger partial charge on any atom is 0.305 e. The first-order valence-corrected chi connectivity index (χ1v) is 7.90. The first-order chi connectivity index (χ1) is 11.1. The van der Waals surface area contributed by atoms with Crippen molar-refractivity contribution in [3.8, 4) is 0 Å². The monoisotopic (exact) mass is 311 g/mol. The van der Waals surface area contributed by atoms with Crippen molar-refractivity contribution in [3.63, 3.8) is 0 Å². The highest BCUT2D eigenvalue weighted by Gasteiger charge is 2.60. The molecule has 5 atom stereocenters. The highest BCUT2D eigenvalue weighted by atomic mass is 16.4. The lowest BCUT2D eigenvalue weighted by Gasteiger charge is -2.27. The van der Waals surface area contributed by atoms with Crippen LogP contribution in [0.3, 0.4) is 0 Å². The van der Waals surface area contributed by atoms with Gasteiger partial charge in [-0.2, -0.15) is 0 Å². The number of carboxylic acid groups (broad SMARTS) is 1.